The van der Waals surface area contributed by atoms with E-state index in [4.69, 9.17) is 0 Å². The van der Waals surface area contributed by atoms with Gasteiger partial charge in [-0.3, -0.25) is 10.2 Å². The lowest BCUT2D eigenvalue weighted by atomic mass is 10.0. The minimum absolute atomic E-state index is 0.0422. The highest BCUT2D eigenvalue weighted by Gasteiger charge is 2.16. The molecule has 0 aliphatic carbocycles. The summed E-state index contributed by atoms with van der Waals surface area (Å²) >= 11 is 3.42. The van der Waals surface area contributed by atoms with Crippen molar-refractivity contribution >= 4 is 21.8 Å². The van der Waals surface area contributed by atoms with Gasteiger partial charge in [-0.1, -0.05) is 34.1 Å². The van der Waals surface area contributed by atoms with Crippen LogP contribution in [0.25, 0.3) is 0 Å². The molecule has 1 atom stereocenters. The van der Waals surface area contributed by atoms with Crippen molar-refractivity contribution in [3.63, 3.8) is 0 Å². The second-order valence-corrected chi connectivity index (χ2v) is 3.84. The van der Waals surface area contributed by atoms with Gasteiger partial charge in [0.2, 0.25) is 5.91 Å². The van der Waals surface area contributed by atoms with Crippen LogP contribution < -0.4 is 10.9 Å². The number of nitrogens with one attached hydrogen (secondary N) is 2. The molecule has 14 heavy (non-hydrogen) atoms. The van der Waals surface area contributed by atoms with Gasteiger partial charge >= 0.3 is 0 Å². The van der Waals surface area contributed by atoms with Crippen molar-refractivity contribution in [2.24, 2.45) is 0 Å². The first-order valence-electron chi connectivity index (χ1n) is 4.38. The summed E-state index contributed by atoms with van der Waals surface area (Å²) < 4.78 is 0.957. The maximum Gasteiger partial charge on any atom is 0.241 e. The Morgan fingerprint density at radius 2 is 2.07 bits per heavy atom. The minimum atomic E-state index is -0.168. The van der Waals surface area contributed by atoms with Crippen LogP contribution in [0.4, 0.5) is 0 Å². The number of carbonyl (C=O) groups is 1. The third kappa shape index (κ3) is 2.56. The molecule has 1 aromatic rings. The Bertz CT molecular complexity index is 328. The zero-order valence-electron chi connectivity index (χ0n) is 8.17. The van der Waals surface area contributed by atoms with Crippen LogP contribution in [0.3, 0.4) is 0 Å². The van der Waals surface area contributed by atoms with Crippen molar-refractivity contribution in [2.75, 3.05) is 7.05 Å². The summed E-state index contributed by atoms with van der Waals surface area (Å²) in [4.78, 5) is 11.5. The van der Waals surface area contributed by atoms with Gasteiger partial charge in [-0.2, -0.15) is 0 Å². The second kappa shape index (κ2) is 5.12. The normalized spacial score (nSPS) is 12.2. The van der Waals surface area contributed by atoms with E-state index >= 15 is 0 Å². The van der Waals surface area contributed by atoms with E-state index in [-0.39, 0.29) is 11.8 Å². The number of hydrogen-bond donors (Lipinski definition) is 2. The van der Waals surface area contributed by atoms with E-state index in [0.717, 1.165) is 10.0 Å². The number of carbonyl (C=O) groups excluding carboxylic acids is 1. The van der Waals surface area contributed by atoms with Crippen LogP contribution in [0.15, 0.2) is 28.7 Å². The minimum Gasteiger partial charge on any atom is -0.291 e. The van der Waals surface area contributed by atoms with Gasteiger partial charge in [0.05, 0.1) is 5.92 Å². The van der Waals surface area contributed by atoms with Gasteiger partial charge in [0.1, 0.15) is 0 Å². The van der Waals surface area contributed by atoms with Crippen LogP contribution in [-0.2, 0) is 4.79 Å². The van der Waals surface area contributed by atoms with Crippen molar-refractivity contribution in [2.45, 2.75) is 12.8 Å². The van der Waals surface area contributed by atoms with Crippen molar-refractivity contribution in [3.05, 3.63) is 34.3 Å². The summed E-state index contributed by atoms with van der Waals surface area (Å²) in [5, 5.41) is 0. The highest BCUT2D eigenvalue weighted by Crippen LogP contribution is 2.24. The molecule has 0 aliphatic rings. The molecule has 0 spiro atoms. The molecule has 0 radical (unpaired) electrons. The average Bonchev–Trinajstić information content (AvgIpc) is 2.18. The van der Waals surface area contributed by atoms with Crippen molar-refractivity contribution in [3.8, 4) is 0 Å². The second-order valence-electron chi connectivity index (χ2n) is 2.98. The summed E-state index contributed by atoms with van der Waals surface area (Å²) in [5.41, 5.74) is 6.17. The van der Waals surface area contributed by atoms with E-state index in [1.165, 1.54) is 0 Å². The summed E-state index contributed by atoms with van der Waals surface area (Å²) in [6.07, 6.45) is 0. The van der Waals surface area contributed by atoms with Gasteiger partial charge in [0.15, 0.2) is 0 Å². The lowest BCUT2D eigenvalue weighted by molar-refractivity contribution is -0.123. The maximum absolute atomic E-state index is 11.5. The molecule has 0 fully saturated rings. The molecule has 0 aliphatic heterocycles. The van der Waals surface area contributed by atoms with E-state index < -0.39 is 0 Å². The van der Waals surface area contributed by atoms with Gasteiger partial charge < -0.3 is 0 Å². The van der Waals surface area contributed by atoms with Gasteiger partial charge in [0.25, 0.3) is 0 Å². The summed E-state index contributed by atoms with van der Waals surface area (Å²) in [6.45, 7) is 1.87. The number of halogens is 1. The summed E-state index contributed by atoms with van der Waals surface area (Å²) in [6, 6.07) is 7.71. The van der Waals surface area contributed by atoms with Crippen LogP contribution in [0.5, 0.6) is 0 Å². The molecule has 76 valence electrons. The van der Waals surface area contributed by atoms with Crippen LogP contribution in [0.2, 0.25) is 0 Å². The number of hydrogen-bond acceptors (Lipinski definition) is 2. The Labute approximate surface area is 92.0 Å². The number of rotatable bonds is 3. The van der Waals surface area contributed by atoms with Gasteiger partial charge in [0, 0.05) is 11.5 Å². The standard InChI is InChI=1S/C10H13BrN2O/c1-7(10(14)13-12-2)8-5-3-4-6-9(8)11/h3-7,12H,1-2H3,(H,13,14). The number of amides is 1. The fraction of sp³-hybridized carbons (Fsp3) is 0.300. The fourth-order valence-corrected chi connectivity index (χ4v) is 1.83. The van der Waals surface area contributed by atoms with E-state index in [1.807, 2.05) is 31.2 Å². The predicted octanol–water partition coefficient (Wildman–Crippen LogP) is 1.80. The zero-order valence-corrected chi connectivity index (χ0v) is 9.76. The fourth-order valence-electron chi connectivity index (χ4n) is 1.20. The maximum atomic E-state index is 11.5. The van der Waals surface area contributed by atoms with E-state index in [2.05, 4.69) is 26.8 Å². The lowest BCUT2D eigenvalue weighted by Gasteiger charge is -2.12. The van der Waals surface area contributed by atoms with E-state index in [1.54, 1.807) is 7.05 Å². The molecule has 0 aromatic heterocycles. The molecule has 0 heterocycles. The number of hydrazine groups is 1. The monoisotopic (exact) mass is 256 g/mol. The predicted molar refractivity (Wildman–Crippen MR) is 59.8 cm³/mol. The topological polar surface area (TPSA) is 41.1 Å². The van der Waals surface area contributed by atoms with Crippen LogP contribution in [-0.4, -0.2) is 13.0 Å². The molecule has 4 heteroatoms. The van der Waals surface area contributed by atoms with Crippen molar-refractivity contribution in [1.82, 2.24) is 10.9 Å². The molecule has 3 nitrogen and oxygen atoms in total. The van der Waals surface area contributed by atoms with Crippen LogP contribution in [0.1, 0.15) is 18.4 Å². The Kier molecular flexibility index (Phi) is 4.10. The zero-order chi connectivity index (χ0) is 10.6. The average molecular weight is 257 g/mol. The molecular formula is C10H13BrN2O. The van der Waals surface area contributed by atoms with Gasteiger partial charge in [-0.15, -0.1) is 0 Å². The summed E-state index contributed by atoms with van der Waals surface area (Å²) in [7, 11) is 1.67. The van der Waals surface area contributed by atoms with Gasteiger partial charge in [-0.05, 0) is 18.6 Å². The third-order valence-electron chi connectivity index (χ3n) is 2.01. The quantitative estimate of drug-likeness (QED) is 0.811. The third-order valence-corrected chi connectivity index (χ3v) is 2.74. The Morgan fingerprint density at radius 3 is 2.64 bits per heavy atom. The van der Waals surface area contributed by atoms with Gasteiger partial charge in [-0.25, -0.2) is 5.43 Å². The van der Waals surface area contributed by atoms with Crippen LogP contribution in [0, 0.1) is 0 Å². The first-order chi connectivity index (χ1) is 6.66. The summed E-state index contributed by atoms with van der Waals surface area (Å²) in [5.74, 6) is -0.211. The first kappa shape index (κ1) is 11.2. The van der Waals surface area contributed by atoms with E-state index in [9.17, 15) is 4.79 Å². The molecule has 0 bridgehead atoms. The Hall–Kier alpha value is -0.870. The van der Waals surface area contributed by atoms with Crippen molar-refractivity contribution < 1.29 is 4.79 Å². The lowest BCUT2D eigenvalue weighted by Crippen LogP contribution is -2.37. The number of benzene rings is 1. The van der Waals surface area contributed by atoms with Crippen molar-refractivity contribution in [1.29, 1.82) is 0 Å². The molecular weight excluding hydrogens is 244 g/mol. The SMILES string of the molecule is CNNC(=O)C(C)c1ccccc1Br. The highest BCUT2D eigenvalue weighted by molar-refractivity contribution is 9.10. The molecule has 0 saturated heterocycles. The smallest absolute Gasteiger partial charge is 0.241 e. The highest BCUT2D eigenvalue weighted by atomic mass is 79.9. The molecule has 1 amide bonds. The molecule has 2 N–H and O–H groups in total. The van der Waals surface area contributed by atoms with E-state index in [0.29, 0.717) is 0 Å². The Balaban J connectivity index is 2.84. The molecule has 1 unspecified atom stereocenters. The molecule has 1 rings (SSSR count). The molecule has 0 saturated carbocycles. The van der Waals surface area contributed by atoms with Crippen LogP contribution >= 0.6 is 15.9 Å². The first-order valence-corrected chi connectivity index (χ1v) is 5.17. The largest absolute Gasteiger partial charge is 0.291 e. The molecule has 1 aromatic carbocycles. The Morgan fingerprint density at radius 1 is 1.43 bits per heavy atom.